The Bertz CT molecular complexity index is 766. The first-order chi connectivity index (χ1) is 11.1. The predicted molar refractivity (Wildman–Crippen MR) is 90.6 cm³/mol. The Balaban J connectivity index is 2.07. The van der Waals surface area contributed by atoms with Crippen molar-refractivity contribution in [2.24, 2.45) is 0 Å². The van der Waals surface area contributed by atoms with Crippen LogP contribution in [0, 0.1) is 17.1 Å². The molecule has 0 aromatic heterocycles. The van der Waals surface area contributed by atoms with E-state index in [1.807, 2.05) is 36.6 Å². The summed E-state index contributed by atoms with van der Waals surface area (Å²) in [6, 6.07) is 14.8. The van der Waals surface area contributed by atoms with Crippen molar-refractivity contribution in [3.05, 3.63) is 66.1 Å². The van der Waals surface area contributed by atoms with Gasteiger partial charge in [0.05, 0.1) is 0 Å². The van der Waals surface area contributed by atoms with Gasteiger partial charge in [-0.05, 0) is 48.7 Å². The lowest BCUT2D eigenvalue weighted by molar-refractivity contribution is -0.112. The van der Waals surface area contributed by atoms with Gasteiger partial charge in [-0.15, -0.1) is 11.8 Å². The first kappa shape index (κ1) is 16.6. The quantitative estimate of drug-likeness (QED) is 0.495. The Morgan fingerprint density at radius 3 is 2.61 bits per heavy atom. The Morgan fingerprint density at radius 1 is 1.22 bits per heavy atom. The average molecular weight is 327 g/mol. The monoisotopic (exact) mass is 327 g/mol. The second kappa shape index (κ2) is 8.01. The van der Waals surface area contributed by atoms with Crippen LogP contribution in [-0.2, 0) is 4.79 Å². The third-order valence-electron chi connectivity index (χ3n) is 2.92. The van der Waals surface area contributed by atoms with Crippen LogP contribution in [0.1, 0.15) is 0 Å². The Morgan fingerprint density at radius 2 is 1.96 bits per heavy atom. The number of carbonyl (C=O) groups excluding carboxylic acids is 1. The minimum Gasteiger partial charge on any atom is -0.360 e. The van der Waals surface area contributed by atoms with Gasteiger partial charge in [0.15, 0.2) is 0 Å². The lowest BCUT2D eigenvalue weighted by Gasteiger charge is -2.06. The molecule has 0 radical (unpaired) electrons. The van der Waals surface area contributed by atoms with E-state index in [2.05, 4.69) is 10.6 Å². The van der Waals surface area contributed by atoms with E-state index in [4.69, 9.17) is 5.26 Å². The Hall–Kier alpha value is -2.78. The molecule has 1 amide bonds. The van der Waals surface area contributed by atoms with Crippen molar-refractivity contribution < 1.29 is 9.18 Å². The molecule has 116 valence electrons. The molecule has 0 unspecified atom stereocenters. The first-order valence-electron chi connectivity index (χ1n) is 6.70. The highest BCUT2D eigenvalue weighted by Gasteiger charge is 2.09. The highest BCUT2D eigenvalue weighted by atomic mass is 32.2. The maximum atomic E-state index is 12.8. The number of hydrogen-bond donors (Lipinski definition) is 2. The average Bonchev–Trinajstić information content (AvgIpc) is 2.57. The summed E-state index contributed by atoms with van der Waals surface area (Å²) in [6.07, 6.45) is 3.31. The van der Waals surface area contributed by atoms with E-state index in [0.717, 1.165) is 10.6 Å². The van der Waals surface area contributed by atoms with Gasteiger partial charge in [0.25, 0.3) is 5.91 Å². The largest absolute Gasteiger partial charge is 0.360 e. The topological polar surface area (TPSA) is 64.9 Å². The van der Waals surface area contributed by atoms with Crippen molar-refractivity contribution in [1.82, 2.24) is 0 Å². The van der Waals surface area contributed by atoms with Gasteiger partial charge >= 0.3 is 0 Å². The molecular weight excluding hydrogens is 313 g/mol. The third kappa shape index (κ3) is 4.87. The molecule has 0 bridgehead atoms. The van der Waals surface area contributed by atoms with Crippen LogP contribution in [-0.4, -0.2) is 12.2 Å². The number of nitriles is 1. The maximum Gasteiger partial charge on any atom is 0.267 e. The highest BCUT2D eigenvalue weighted by Crippen LogP contribution is 2.19. The normalized spacial score (nSPS) is 10.7. The van der Waals surface area contributed by atoms with Gasteiger partial charge in [-0.1, -0.05) is 6.07 Å². The van der Waals surface area contributed by atoms with E-state index >= 15 is 0 Å². The first-order valence-corrected chi connectivity index (χ1v) is 7.92. The molecule has 23 heavy (non-hydrogen) atoms. The molecule has 0 atom stereocenters. The molecule has 2 N–H and O–H groups in total. The number of halogens is 1. The van der Waals surface area contributed by atoms with Gasteiger partial charge < -0.3 is 10.6 Å². The van der Waals surface area contributed by atoms with Crippen molar-refractivity contribution in [2.45, 2.75) is 4.90 Å². The maximum absolute atomic E-state index is 12.8. The predicted octanol–water partition coefficient (Wildman–Crippen LogP) is 4.01. The van der Waals surface area contributed by atoms with Crippen LogP contribution >= 0.6 is 11.8 Å². The number of hydrogen-bond acceptors (Lipinski definition) is 4. The van der Waals surface area contributed by atoms with Gasteiger partial charge in [0.1, 0.15) is 17.5 Å². The van der Waals surface area contributed by atoms with Gasteiger partial charge in [0, 0.05) is 22.5 Å². The highest BCUT2D eigenvalue weighted by molar-refractivity contribution is 7.98. The molecule has 0 aliphatic carbocycles. The second-order valence-corrected chi connectivity index (χ2v) is 5.39. The van der Waals surface area contributed by atoms with Gasteiger partial charge in [0.2, 0.25) is 0 Å². The second-order valence-electron chi connectivity index (χ2n) is 4.51. The van der Waals surface area contributed by atoms with Crippen LogP contribution in [0.3, 0.4) is 0 Å². The van der Waals surface area contributed by atoms with Crippen LogP contribution in [0.4, 0.5) is 15.8 Å². The minimum atomic E-state index is -0.562. The van der Waals surface area contributed by atoms with Gasteiger partial charge in [-0.3, -0.25) is 4.79 Å². The zero-order valence-corrected chi connectivity index (χ0v) is 13.2. The smallest absolute Gasteiger partial charge is 0.267 e. The number of rotatable bonds is 5. The number of nitrogens with one attached hydrogen (secondary N) is 2. The van der Waals surface area contributed by atoms with Crippen LogP contribution in [0.5, 0.6) is 0 Å². The molecular formula is C17H14FN3OS. The summed E-state index contributed by atoms with van der Waals surface area (Å²) in [6.45, 7) is 0. The molecule has 2 aromatic carbocycles. The number of amides is 1. The molecule has 0 heterocycles. The van der Waals surface area contributed by atoms with Crippen molar-refractivity contribution in [2.75, 3.05) is 16.9 Å². The fourth-order valence-corrected chi connectivity index (χ4v) is 2.21. The number of benzene rings is 2. The summed E-state index contributed by atoms with van der Waals surface area (Å²) in [7, 11) is 0. The SMILES string of the molecule is CSc1cccc(N/C=C(/C#N)C(=O)Nc2ccc(F)cc2)c1. The zero-order valence-electron chi connectivity index (χ0n) is 12.3. The standard InChI is InChI=1S/C17H14FN3OS/c1-23-16-4-2-3-15(9-16)20-11-12(10-19)17(22)21-14-7-5-13(18)6-8-14/h2-9,11,20H,1H3,(H,21,22)/b12-11-. The molecule has 0 aliphatic rings. The lowest BCUT2D eigenvalue weighted by Crippen LogP contribution is -2.14. The summed E-state index contributed by atoms with van der Waals surface area (Å²) >= 11 is 1.60. The number of carbonyl (C=O) groups is 1. The summed E-state index contributed by atoms with van der Waals surface area (Å²) in [5, 5.41) is 14.6. The molecule has 0 aliphatic heterocycles. The molecule has 0 saturated heterocycles. The molecule has 2 rings (SSSR count). The molecule has 0 spiro atoms. The molecule has 2 aromatic rings. The van der Waals surface area contributed by atoms with E-state index in [0.29, 0.717) is 5.69 Å². The van der Waals surface area contributed by atoms with Gasteiger partial charge in [-0.25, -0.2) is 4.39 Å². The van der Waals surface area contributed by atoms with Crippen molar-refractivity contribution in [3.8, 4) is 6.07 Å². The zero-order chi connectivity index (χ0) is 16.7. The summed E-state index contributed by atoms with van der Waals surface area (Å²) in [5.74, 6) is -0.956. The van der Waals surface area contributed by atoms with E-state index in [1.54, 1.807) is 11.8 Å². The van der Waals surface area contributed by atoms with E-state index in [-0.39, 0.29) is 5.57 Å². The summed E-state index contributed by atoms with van der Waals surface area (Å²) in [4.78, 5) is 13.1. The molecule has 6 heteroatoms. The van der Waals surface area contributed by atoms with E-state index in [1.165, 1.54) is 30.5 Å². The number of thioether (sulfide) groups is 1. The number of anilines is 2. The van der Waals surface area contributed by atoms with E-state index < -0.39 is 11.7 Å². The minimum absolute atomic E-state index is 0.0797. The van der Waals surface area contributed by atoms with Crippen molar-refractivity contribution in [3.63, 3.8) is 0 Å². The fourth-order valence-electron chi connectivity index (χ4n) is 1.75. The molecule has 0 fully saturated rings. The van der Waals surface area contributed by atoms with Crippen molar-refractivity contribution >= 4 is 29.0 Å². The van der Waals surface area contributed by atoms with Crippen molar-refractivity contribution in [1.29, 1.82) is 5.26 Å². The Labute approximate surface area is 138 Å². The Kier molecular flexibility index (Phi) is 5.78. The van der Waals surface area contributed by atoms with Crippen LogP contribution in [0.15, 0.2) is 65.2 Å². The van der Waals surface area contributed by atoms with Gasteiger partial charge in [-0.2, -0.15) is 5.26 Å². The van der Waals surface area contributed by atoms with Crippen LogP contribution in [0.2, 0.25) is 0 Å². The summed E-state index contributed by atoms with van der Waals surface area (Å²) in [5.41, 5.74) is 1.12. The fraction of sp³-hybridized carbons (Fsp3) is 0.0588. The molecule has 0 saturated carbocycles. The number of nitrogens with zero attached hydrogens (tertiary/aromatic N) is 1. The third-order valence-corrected chi connectivity index (χ3v) is 3.65. The van der Waals surface area contributed by atoms with E-state index in [9.17, 15) is 9.18 Å². The van der Waals surface area contributed by atoms with Crippen LogP contribution < -0.4 is 10.6 Å². The summed E-state index contributed by atoms with van der Waals surface area (Å²) < 4.78 is 12.8. The van der Waals surface area contributed by atoms with Crippen LogP contribution in [0.25, 0.3) is 0 Å². The molecule has 4 nitrogen and oxygen atoms in total. The lowest BCUT2D eigenvalue weighted by atomic mass is 10.2.